The summed E-state index contributed by atoms with van der Waals surface area (Å²) in [6, 6.07) is 20.4. The summed E-state index contributed by atoms with van der Waals surface area (Å²) in [6.07, 6.45) is 8.79. The highest BCUT2D eigenvalue weighted by Crippen LogP contribution is 2.35. The Morgan fingerprint density at radius 1 is 1.00 bits per heavy atom. The van der Waals surface area contributed by atoms with Crippen molar-refractivity contribution in [2.45, 2.75) is 70.7 Å². The Bertz CT molecular complexity index is 1860. The predicted octanol–water partition coefficient (Wildman–Crippen LogP) is 6.23. The highest BCUT2D eigenvalue weighted by atomic mass is 32.1. The zero-order valence-corrected chi connectivity index (χ0v) is 29.1. The van der Waals surface area contributed by atoms with Crippen LogP contribution in [0.3, 0.4) is 0 Å². The summed E-state index contributed by atoms with van der Waals surface area (Å²) in [5.41, 5.74) is 5.64. The minimum atomic E-state index is -0.883. The number of amides is 2. The van der Waals surface area contributed by atoms with E-state index in [9.17, 15) is 14.7 Å². The molecule has 3 N–H and O–H groups in total. The van der Waals surface area contributed by atoms with Gasteiger partial charge in [0.15, 0.2) is 0 Å². The van der Waals surface area contributed by atoms with Crippen LogP contribution < -0.4 is 10.6 Å². The average molecular weight is 677 g/mol. The number of hydrogen-bond acceptors (Lipinski definition) is 7. The molecule has 3 atom stereocenters. The molecule has 2 amide bonds. The fourth-order valence-corrected chi connectivity index (χ4v) is 7.25. The molecule has 6 rings (SSSR count). The second-order valence-corrected chi connectivity index (χ2v) is 14.0. The number of aliphatic hydroxyl groups is 1. The Morgan fingerprint density at radius 3 is 2.51 bits per heavy atom. The second-order valence-electron chi connectivity index (χ2n) is 13.1. The Kier molecular flexibility index (Phi) is 11.0. The predicted molar refractivity (Wildman–Crippen MR) is 193 cm³/mol. The van der Waals surface area contributed by atoms with Crippen molar-refractivity contribution in [3.8, 4) is 5.69 Å². The molecule has 0 bridgehead atoms. The second kappa shape index (κ2) is 15.7. The summed E-state index contributed by atoms with van der Waals surface area (Å²) in [4.78, 5) is 39.1. The number of benzene rings is 2. The first-order valence-electron chi connectivity index (χ1n) is 16.9. The van der Waals surface area contributed by atoms with E-state index < -0.39 is 12.1 Å². The molecule has 0 spiro atoms. The standard InChI is InChI=1S/C39H44N6O3S/c1-26(2)32-16-29(21-40-23-32)22-41-24-36(46)34(17-28-10-5-4-6-11-28)43-37(47)30-18-31(20-33(19-30)44-13-7-8-14-44)39(48)45-15-9-12-35(45)38-42-27(3)25-49-38/h4-8,10-11,13-14,16,18-21,23,25-26,34-36,41,46H,9,12,15,17,22,24H2,1-3H3,(H,43,47)/t34-,35+,36+/m0/s1. The summed E-state index contributed by atoms with van der Waals surface area (Å²) in [7, 11) is 0. The number of aryl methyl sites for hydroxylation is 1. The molecule has 9 nitrogen and oxygen atoms in total. The number of nitrogens with one attached hydrogen (secondary N) is 2. The third-order valence-corrected chi connectivity index (χ3v) is 10.1. The van der Waals surface area contributed by atoms with Gasteiger partial charge in [0.1, 0.15) is 5.01 Å². The van der Waals surface area contributed by atoms with Crippen molar-refractivity contribution < 1.29 is 14.7 Å². The zero-order valence-electron chi connectivity index (χ0n) is 28.3. The number of aliphatic hydroxyl groups excluding tert-OH is 1. The lowest BCUT2D eigenvalue weighted by atomic mass is 9.99. The molecule has 254 valence electrons. The molecule has 3 aromatic heterocycles. The maximum Gasteiger partial charge on any atom is 0.254 e. The van der Waals surface area contributed by atoms with Crippen molar-refractivity contribution >= 4 is 23.2 Å². The van der Waals surface area contributed by atoms with Crippen LogP contribution in [0, 0.1) is 6.92 Å². The van der Waals surface area contributed by atoms with Crippen LogP contribution in [-0.4, -0.2) is 61.6 Å². The van der Waals surface area contributed by atoms with E-state index in [4.69, 9.17) is 0 Å². The fraction of sp³-hybridized carbons (Fsp3) is 0.333. The van der Waals surface area contributed by atoms with E-state index in [-0.39, 0.29) is 24.4 Å². The van der Waals surface area contributed by atoms with Crippen molar-refractivity contribution in [2.24, 2.45) is 0 Å². The Morgan fingerprint density at radius 2 is 1.78 bits per heavy atom. The summed E-state index contributed by atoms with van der Waals surface area (Å²) in [5.74, 6) is -0.112. The monoisotopic (exact) mass is 676 g/mol. The Labute approximate surface area is 292 Å². The molecule has 0 aliphatic carbocycles. The van der Waals surface area contributed by atoms with Crippen LogP contribution in [0.5, 0.6) is 0 Å². The first-order valence-corrected chi connectivity index (χ1v) is 17.8. The number of likely N-dealkylation sites (tertiary alicyclic amines) is 1. The van der Waals surface area contributed by atoms with E-state index in [0.29, 0.717) is 42.2 Å². The third kappa shape index (κ3) is 8.51. The van der Waals surface area contributed by atoms with Gasteiger partial charge in [-0.2, -0.15) is 0 Å². The molecular formula is C39H44N6O3S. The molecule has 1 aliphatic heterocycles. The first-order chi connectivity index (χ1) is 23.7. The number of pyridine rings is 1. The van der Waals surface area contributed by atoms with Gasteiger partial charge in [-0.05, 0) is 79.1 Å². The van der Waals surface area contributed by atoms with E-state index in [1.165, 1.54) is 0 Å². The molecule has 10 heteroatoms. The van der Waals surface area contributed by atoms with Gasteiger partial charge in [-0.3, -0.25) is 14.6 Å². The summed E-state index contributed by atoms with van der Waals surface area (Å²) in [6.45, 7) is 7.67. The molecular weight excluding hydrogens is 633 g/mol. The van der Waals surface area contributed by atoms with E-state index in [2.05, 4.69) is 40.5 Å². The SMILES string of the molecule is Cc1csc([C@H]2CCCN2C(=O)c2cc(C(=O)N[C@@H](Cc3ccccc3)[C@H](O)CNCc3cncc(C(C)C)c3)cc(-n3cccc3)c2)n1. The van der Waals surface area contributed by atoms with Gasteiger partial charge in [0, 0.05) is 72.3 Å². The van der Waals surface area contributed by atoms with Gasteiger partial charge in [-0.15, -0.1) is 11.3 Å². The number of thiazole rings is 1. The van der Waals surface area contributed by atoms with Crippen molar-refractivity contribution in [1.82, 2.24) is 30.1 Å². The van der Waals surface area contributed by atoms with Crippen LogP contribution in [0.2, 0.25) is 0 Å². The van der Waals surface area contributed by atoms with Crippen LogP contribution in [0.15, 0.2) is 96.9 Å². The largest absolute Gasteiger partial charge is 0.390 e. The molecule has 1 saturated heterocycles. The number of aromatic nitrogens is 3. The number of carbonyl (C=O) groups excluding carboxylic acids is 2. The van der Waals surface area contributed by atoms with Crippen molar-refractivity contribution in [3.05, 3.63) is 135 Å². The van der Waals surface area contributed by atoms with Crippen LogP contribution in [0.25, 0.3) is 5.69 Å². The average Bonchev–Trinajstić information content (AvgIpc) is 3.91. The minimum absolute atomic E-state index is 0.0831. The van der Waals surface area contributed by atoms with E-state index >= 15 is 0 Å². The smallest absolute Gasteiger partial charge is 0.254 e. The lowest BCUT2D eigenvalue weighted by Crippen LogP contribution is -2.48. The number of carbonyl (C=O) groups is 2. The molecule has 49 heavy (non-hydrogen) atoms. The van der Waals surface area contributed by atoms with Crippen LogP contribution >= 0.6 is 11.3 Å². The maximum atomic E-state index is 14.1. The summed E-state index contributed by atoms with van der Waals surface area (Å²) >= 11 is 1.58. The molecule has 1 aliphatic rings. The zero-order chi connectivity index (χ0) is 34.3. The molecule has 0 radical (unpaired) electrons. The molecule has 0 saturated carbocycles. The quantitative estimate of drug-likeness (QED) is 0.136. The minimum Gasteiger partial charge on any atom is -0.390 e. The highest BCUT2D eigenvalue weighted by molar-refractivity contribution is 7.09. The van der Waals surface area contributed by atoms with Gasteiger partial charge in [0.25, 0.3) is 11.8 Å². The van der Waals surface area contributed by atoms with Crippen LogP contribution in [0.1, 0.15) is 86.8 Å². The normalized spacial score (nSPS) is 15.8. The van der Waals surface area contributed by atoms with Crippen molar-refractivity contribution in [3.63, 3.8) is 0 Å². The highest BCUT2D eigenvalue weighted by Gasteiger charge is 2.33. The number of rotatable bonds is 13. The lowest BCUT2D eigenvalue weighted by molar-refractivity contribution is 0.0735. The van der Waals surface area contributed by atoms with E-state index in [0.717, 1.165) is 40.2 Å². The molecule has 1 fully saturated rings. The van der Waals surface area contributed by atoms with Gasteiger partial charge in [-0.25, -0.2) is 4.98 Å². The maximum absolute atomic E-state index is 14.1. The molecule has 5 aromatic rings. The van der Waals surface area contributed by atoms with Gasteiger partial charge in [0.05, 0.1) is 18.2 Å². The fourth-order valence-electron chi connectivity index (χ4n) is 6.31. The Balaban J connectivity index is 1.23. The van der Waals surface area contributed by atoms with Crippen LogP contribution in [-0.2, 0) is 13.0 Å². The topological polar surface area (TPSA) is 112 Å². The van der Waals surface area contributed by atoms with Crippen LogP contribution in [0.4, 0.5) is 0 Å². The first kappa shape index (κ1) is 34.2. The molecule has 4 heterocycles. The van der Waals surface area contributed by atoms with Crippen molar-refractivity contribution in [1.29, 1.82) is 0 Å². The number of hydrogen-bond donors (Lipinski definition) is 3. The van der Waals surface area contributed by atoms with E-state index in [1.807, 2.05) is 95.1 Å². The Hall–Kier alpha value is -4.64. The lowest BCUT2D eigenvalue weighted by Gasteiger charge is -2.26. The number of nitrogens with zero attached hydrogens (tertiary/aromatic N) is 4. The van der Waals surface area contributed by atoms with Gasteiger partial charge < -0.3 is 25.2 Å². The summed E-state index contributed by atoms with van der Waals surface area (Å²) < 4.78 is 1.89. The summed E-state index contributed by atoms with van der Waals surface area (Å²) in [5, 5.41) is 20.9. The third-order valence-electron chi connectivity index (χ3n) is 9.01. The van der Waals surface area contributed by atoms with Crippen molar-refractivity contribution in [2.75, 3.05) is 13.1 Å². The molecule has 0 unspecified atom stereocenters. The van der Waals surface area contributed by atoms with E-state index in [1.54, 1.807) is 23.5 Å². The van der Waals surface area contributed by atoms with Gasteiger partial charge in [-0.1, -0.05) is 50.2 Å². The molecule has 2 aromatic carbocycles. The van der Waals surface area contributed by atoms with Gasteiger partial charge in [0.2, 0.25) is 0 Å². The van der Waals surface area contributed by atoms with Gasteiger partial charge >= 0.3 is 0 Å².